The van der Waals surface area contributed by atoms with Crippen LogP contribution in [0.3, 0.4) is 0 Å². The van der Waals surface area contributed by atoms with Gasteiger partial charge in [-0.25, -0.2) is 4.39 Å². The van der Waals surface area contributed by atoms with Crippen LogP contribution in [0.15, 0.2) is 41.1 Å². The fraction of sp³-hybridized carbons (Fsp3) is 0.133. The first-order chi connectivity index (χ1) is 10.1. The van der Waals surface area contributed by atoms with Crippen LogP contribution in [0.25, 0.3) is 10.9 Å². The molecule has 0 aliphatic heterocycles. The van der Waals surface area contributed by atoms with Gasteiger partial charge in [0.1, 0.15) is 11.5 Å². The number of aliphatic hydroxyl groups excluding tert-OH is 1. The molecule has 3 rings (SSSR count). The van der Waals surface area contributed by atoms with E-state index >= 15 is 0 Å². The summed E-state index contributed by atoms with van der Waals surface area (Å²) in [4.78, 5) is 15.0. The molecule has 1 aromatic carbocycles. The summed E-state index contributed by atoms with van der Waals surface area (Å²) in [5.74, 6) is -0.678. The van der Waals surface area contributed by atoms with Crippen LogP contribution in [0, 0.1) is 5.82 Å². The van der Waals surface area contributed by atoms with Crippen molar-refractivity contribution in [2.75, 3.05) is 6.54 Å². The van der Waals surface area contributed by atoms with E-state index in [1.807, 2.05) is 16.8 Å². The van der Waals surface area contributed by atoms with Gasteiger partial charge in [0.2, 0.25) is 0 Å². The maximum Gasteiger partial charge on any atom is 0.267 e. The maximum absolute atomic E-state index is 13.1. The number of fused-ring (bicyclic) bond motifs is 1. The summed E-state index contributed by atoms with van der Waals surface area (Å²) in [5.41, 5.74) is 1.81. The van der Waals surface area contributed by atoms with E-state index in [-0.39, 0.29) is 18.3 Å². The van der Waals surface area contributed by atoms with Gasteiger partial charge in [0.05, 0.1) is 6.10 Å². The maximum atomic E-state index is 13.1. The second-order valence-electron chi connectivity index (χ2n) is 4.70. The molecular weight excluding hydrogens is 291 g/mol. The fourth-order valence-electron chi connectivity index (χ4n) is 2.09. The Morgan fingerprint density at radius 3 is 3.00 bits per heavy atom. The number of rotatable bonds is 4. The van der Waals surface area contributed by atoms with Gasteiger partial charge in [0.15, 0.2) is 0 Å². The van der Waals surface area contributed by atoms with Gasteiger partial charge in [0, 0.05) is 17.4 Å². The van der Waals surface area contributed by atoms with Crippen molar-refractivity contribution in [3.05, 3.63) is 58.2 Å². The Bertz CT molecular complexity index is 767. The van der Waals surface area contributed by atoms with Gasteiger partial charge in [-0.1, -0.05) is 0 Å². The van der Waals surface area contributed by atoms with Crippen molar-refractivity contribution in [3.8, 4) is 0 Å². The van der Waals surface area contributed by atoms with E-state index < -0.39 is 6.10 Å². The Hall–Kier alpha value is -2.18. The van der Waals surface area contributed by atoms with Gasteiger partial charge in [-0.05, 0) is 46.7 Å². The predicted octanol–water partition coefficient (Wildman–Crippen LogP) is 2.83. The Balaban J connectivity index is 1.69. The lowest BCUT2D eigenvalue weighted by molar-refractivity contribution is 0.0912. The molecule has 0 aliphatic rings. The lowest BCUT2D eigenvalue weighted by Gasteiger charge is -2.09. The lowest BCUT2D eigenvalue weighted by Crippen LogP contribution is -2.28. The zero-order valence-corrected chi connectivity index (χ0v) is 11.8. The highest BCUT2D eigenvalue weighted by Gasteiger charge is 2.13. The molecule has 6 heteroatoms. The first kappa shape index (κ1) is 13.8. The number of amides is 1. The van der Waals surface area contributed by atoms with Gasteiger partial charge in [-0.15, -0.1) is 0 Å². The SMILES string of the molecule is O=C(NCC(O)c1ccsc1)c1cc2cc(F)ccc2[nH]1. The minimum atomic E-state index is -0.734. The van der Waals surface area contributed by atoms with E-state index in [0.717, 1.165) is 5.56 Å². The molecule has 2 heterocycles. The van der Waals surface area contributed by atoms with Crippen molar-refractivity contribution in [1.29, 1.82) is 0 Å². The molecule has 0 fully saturated rings. The third-order valence-corrected chi connectivity index (χ3v) is 3.91. The molecule has 3 N–H and O–H groups in total. The number of aromatic amines is 1. The number of halogens is 1. The predicted molar refractivity (Wildman–Crippen MR) is 79.9 cm³/mol. The number of hydrogen-bond donors (Lipinski definition) is 3. The summed E-state index contributed by atoms with van der Waals surface area (Å²) >= 11 is 1.49. The molecule has 3 aromatic rings. The summed E-state index contributed by atoms with van der Waals surface area (Å²) < 4.78 is 13.1. The van der Waals surface area contributed by atoms with Gasteiger partial charge in [-0.3, -0.25) is 4.79 Å². The molecule has 21 heavy (non-hydrogen) atoms. The number of carbonyl (C=O) groups excluding carboxylic acids is 1. The average molecular weight is 304 g/mol. The Morgan fingerprint density at radius 1 is 1.38 bits per heavy atom. The van der Waals surface area contributed by atoms with Gasteiger partial charge in [0.25, 0.3) is 5.91 Å². The van der Waals surface area contributed by atoms with Crippen molar-refractivity contribution in [2.45, 2.75) is 6.10 Å². The molecule has 108 valence electrons. The van der Waals surface area contributed by atoms with E-state index in [1.165, 1.54) is 23.5 Å². The minimum Gasteiger partial charge on any atom is -0.387 e. The number of benzene rings is 1. The highest BCUT2D eigenvalue weighted by atomic mass is 32.1. The molecule has 0 bridgehead atoms. The van der Waals surface area contributed by atoms with E-state index in [2.05, 4.69) is 10.3 Å². The summed E-state index contributed by atoms with van der Waals surface area (Å²) in [6.45, 7) is 0.124. The smallest absolute Gasteiger partial charge is 0.267 e. The summed E-state index contributed by atoms with van der Waals surface area (Å²) in [6, 6.07) is 7.68. The molecule has 0 saturated heterocycles. The molecule has 4 nitrogen and oxygen atoms in total. The van der Waals surface area contributed by atoms with Crippen molar-refractivity contribution >= 4 is 28.1 Å². The first-order valence-electron chi connectivity index (χ1n) is 6.40. The second kappa shape index (κ2) is 5.67. The highest BCUT2D eigenvalue weighted by Crippen LogP contribution is 2.18. The van der Waals surface area contributed by atoms with Gasteiger partial charge < -0.3 is 15.4 Å². The molecule has 0 spiro atoms. The van der Waals surface area contributed by atoms with E-state index in [4.69, 9.17) is 0 Å². The number of aliphatic hydroxyl groups is 1. The number of thiophene rings is 1. The molecule has 1 amide bonds. The zero-order valence-electron chi connectivity index (χ0n) is 11.0. The molecule has 1 unspecified atom stereocenters. The van der Waals surface area contributed by atoms with Crippen LogP contribution < -0.4 is 5.32 Å². The number of aromatic nitrogens is 1. The van der Waals surface area contributed by atoms with Crippen LogP contribution in [0.5, 0.6) is 0 Å². The van der Waals surface area contributed by atoms with Crippen molar-refractivity contribution in [2.24, 2.45) is 0 Å². The van der Waals surface area contributed by atoms with Crippen molar-refractivity contribution in [3.63, 3.8) is 0 Å². The second-order valence-corrected chi connectivity index (χ2v) is 5.48. The van der Waals surface area contributed by atoms with Crippen molar-refractivity contribution < 1.29 is 14.3 Å². The number of hydrogen-bond acceptors (Lipinski definition) is 3. The van der Waals surface area contributed by atoms with Crippen LogP contribution in [0.4, 0.5) is 4.39 Å². The van der Waals surface area contributed by atoms with E-state index in [1.54, 1.807) is 12.1 Å². The molecule has 0 radical (unpaired) electrons. The lowest BCUT2D eigenvalue weighted by atomic mass is 10.2. The van der Waals surface area contributed by atoms with Crippen LogP contribution in [0.2, 0.25) is 0 Å². The molecule has 0 aliphatic carbocycles. The van der Waals surface area contributed by atoms with Gasteiger partial charge >= 0.3 is 0 Å². The zero-order chi connectivity index (χ0) is 14.8. The fourth-order valence-corrected chi connectivity index (χ4v) is 2.80. The van der Waals surface area contributed by atoms with Crippen molar-refractivity contribution in [1.82, 2.24) is 10.3 Å². The standard InChI is InChI=1S/C15H13FN2O2S/c16-11-1-2-12-10(5-11)6-13(18-12)15(20)17-7-14(19)9-3-4-21-8-9/h1-6,8,14,18-19H,7H2,(H,17,20). The van der Waals surface area contributed by atoms with Crippen LogP contribution in [0.1, 0.15) is 22.2 Å². The number of carbonyl (C=O) groups is 1. The summed E-state index contributed by atoms with van der Waals surface area (Å²) in [6.07, 6.45) is -0.734. The third kappa shape index (κ3) is 2.96. The highest BCUT2D eigenvalue weighted by molar-refractivity contribution is 7.07. The van der Waals surface area contributed by atoms with E-state index in [0.29, 0.717) is 16.6 Å². The third-order valence-electron chi connectivity index (χ3n) is 3.21. The topological polar surface area (TPSA) is 65.1 Å². The normalized spacial score (nSPS) is 12.5. The largest absolute Gasteiger partial charge is 0.387 e. The quantitative estimate of drug-likeness (QED) is 0.694. The Kier molecular flexibility index (Phi) is 3.72. The molecule has 0 saturated carbocycles. The minimum absolute atomic E-state index is 0.124. The monoisotopic (exact) mass is 304 g/mol. The van der Waals surface area contributed by atoms with E-state index in [9.17, 15) is 14.3 Å². The average Bonchev–Trinajstić information content (AvgIpc) is 3.12. The summed E-state index contributed by atoms with van der Waals surface area (Å²) in [7, 11) is 0. The van der Waals surface area contributed by atoms with Crippen LogP contribution in [-0.2, 0) is 0 Å². The van der Waals surface area contributed by atoms with Crippen LogP contribution in [-0.4, -0.2) is 22.5 Å². The molecular formula is C15H13FN2O2S. The Labute approximate surface area is 124 Å². The molecule has 1 atom stereocenters. The van der Waals surface area contributed by atoms with Gasteiger partial charge in [-0.2, -0.15) is 11.3 Å². The first-order valence-corrected chi connectivity index (χ1v) is 7.34. The number of nitrogens with one attached hydrogen (secondary N) is 2. The Morgan fingerprint density at radius 2 is 2.24 bits per heavy atom. The number of H-pyrrole nitrogens is 1. The summed E-state index contributed by atoms with van der Waals surface area (Å²) in [5, 5.41) is 16.9. The molecule has 2 aromatic heterocycles. The van der Waals surface area contributed by atoms with Crippen LogP contribution >= 0.6 is 11.3 Å².